The van der Waals surface area contributed by atoms with Crippen molar-refractivity contribution in [3.8, 4) is 0 Å². The van der Waals surface area contributed by atoms with Crippen LogP contribution in [0, 0.1) is 59.0 Å². The number of nitrogens with two attached hydrogens (primary N) is 1. The maximum atomic E-state index is 12.6. The highest BCUT2D eigenvalue weighted by Crippen LogP contribution is 2.32. The van der Waals surface area contributed by atoms with E-state index in [0.717, 1.165) is 12.6 Å². The predicted molar refractivity (Wildman–Crippen MR) is 119 cm³/mol. The lowest BCUT2D eigenvalue weighted by Crippen LogP contribution is -2.17. The predicted octanol–water partition coefficient (Wildman–Crippen LogP) is 3.39. The fraction of sp³-hybridized carbons (Fsp3) is 0.294. The largest absolute Gasteiger partial charge is 0.367 e. The molecule has 0 amide bonds. The number of hydrogen-bond donors (Lipinski definition) is 3. The van der Waals surface area contributed by atoms with Crippen LogP contribution < -0.4 is 16.4 Å². The molecule has 0 saturated heterocycles. The molecule has 0 aliphatic heterocycles. The van der Waals surface area contributed by atoms with Crippen LogP contribution in [0.3, 0.4) is 0 Å². The highest BCUT2D eigenvalue weighted by molar-refractivity contribution is 5.67. The van der Waals surface area contributed by atoms with E-state index in [1.807, 2.05) is 6.92 Å². The van der Waals surface area contributed by atoms with E-state index in [-0.39, 0.29) is 30.6 Å². The molecule has 0 radical (unpaired) electrons. The van der Waals surface area contributed by atoms with Crippen molar-refractivity contribution in [3.63, 3.8) is 0 Å². The molecule has 2 aromatic rings. The highest BCUT2D eigenvalue weighted by Gasteiger charge is 2.25. The summed E-state index contributed by atoms with van der Waals surface area (Å²) in [6.07, 6.45) is 0. The summed E-state index contributed by atoms with van der Waals surface area (Å²) in [6.45, 7) is 4.52. The number of benzene rings is 2. The van der Waals surface area contributed by atoms with E-state index in [1.165, 1.54) is 13.0 Å². The lowest BCUT2D eigenvalue weighted by molar-refractivity contribution is -0.397. The number of nitrogens with one attached hydrogen (secondary N) is 2. The van der Waals surface area contributed by atoms with Gasteiger partial charge in [0.2, 0.25) is 11.6 Å². The zero-order valence-corrected chi connectivity index (χ0v) is 18.1. The number of hydrogen-bond acceptors (Lipinski definition) is 11. The Kier molecular flexibility index (Phi) is 12.1. The Morgan fingerprint density at radius 2 is 1.21 bits per heavy atom. The van der Waals surface area contributed by atoms with E-state index >= 15 is 0 Å². The van der Waals surface area contributed by atoms with Crippen molar-refractivity contribution in [1.82, 2.24) is 5.32 Å². The molecule has 17 heteroatoms. The Morgan fingerprint density at radius 3 is 1.56 bits per heavy atom. The monoisotopic (exact) mass is 492 g/mol. The third kappa shape index (κ3) is 8.63. The molecule has 0 aliphatic rings. The van der Waals surface area contributed by atoms with E-state index in [4.69, 9.17) is 5.73 Å². The van der Waals surface area contributed by atoms with Crippen LogP contribution in [0.5, 0.6) is 0 Å². The third-order valence-corrected chi connectivity index (χ3v) is 3.57. The zero-order chi connectivity index (χ0) is 26.6. The SMILES string of the molecule is CCN.CNCNc1cc(C)c([N+](=O)[O-])cc1[N+](=O)[O-].O=[N+]([O-])c1cc([N+](=O)[O-])c(F)cc1F.[2HH]. The molecular weight excluding hydrogens is 468 g/mol. The smallest absolute Gasteiger partial charge is 0.311 e. The summed E-state index contributed by atoms with van der Waals surface area (Å²) in [5.41, 5.74) is 2.66. The van der Waals surface area contributed by atoms with E-state index < -0.39 is 42.7 Å². The molecule has 0 spiro atoms. The van der Waals surface area contributed by atoms with Gasteiger partial charge in [-0.15, -0.1) is 0 Å². The van der Waals surface area contributed by atoms with Gasteiger partial charge in [-0.3, -0.25) is 40.5 Å². The Balaban J connectivity index is 0. The lowest BCUT2D eigenvalue weighted by Gasteiger charge is -2.07. The number of halogens is 2. The first-order valence-electron chi connectivity index (χ1n) is 9.11. The Morgan fingerprint density at radius 1 is 0.824 bits per heavy atom. The number of aryl methyl sites for hydroxylation is 1. The van der Waals surface area contributed by atoms with Gasteiger partial charge in [0, 0.05) is 13.1 Å². The molecule has 34 heavy (non-hydrogen) atoms. The van der Waals surface area contributed by atoms with Crippen molar-refractivity contribution in [1.29, 1.82) is 0 Å². The first kappa shape index (κ1) is 29.6. The average Bonchev–Trinajstić information content (AvgIpc) is 2.72. The highest BCUT2D eigenvalue weighted by atomic mass is 19.1. The second kappa shape index (κ2) is 13.9. The first-order valence-corrected chi connectivity index (χ1v) is 9.11. The standard InChI is InChI=1S/C9H12N4O4.C6H2F2N2O4.C2H7N.H2/c1-6-3-7(11-5-10-2)9(13(16)17)4-8(6)12(14)15;7-3-1-4(8)6(10(13)14)2-5(3)9(11)12;1-2-3;/h3-4,10-11H,5H2,1-2H3;1-2H;2-3H2,1H3;1H/i;;;1+1. The van der Waals surface area contributed by atoms with Gasteiger partial charge in [0.05, 0.1) is 32.4 Å². The average molecular weight is 492 g/mol. The van der Waals surface area contributed by atoms with Gasteiger partial charge in [0.1, 0.15) is 11.8 Å². The molecule has 0 unspecified atom stereocenters. The molecule has 0 fully saturated rings. The Labute approximate surface area is 191 Å². The van der Waals surface area contributed by atoms with Crippen molar-refractivity contribution in [2.75, 3.05) is 25.6 Å². The maximum Gasteiger partial charge on any atom is 0.311 e. The summed E-state index contributed by atoms with van der Waals surface area (Å²) in [6, 6.07) is 2.71. The molecule has 0 atom stereocenters. The summed E-state index contributed by atoms with van der Waals surface area (Å²) in [4.78, 5) is 38.1. The van der Waals surface area contributed by atoms with Gasteiger partial charge in [-0.1, -0.05) is 6.92 Å². The normalized spacial score (nSPS) is 9.59. The van der Waals surface area contributed by atoms with Crippen molar-refractivity contribution in [3.05, 3.63) is 81.9 Å². The summed E-state index contributed by atoms with van der Waals surface area (Å²) in [5.74, 6) is -2.89. The molecule has 0 aromatic heterocycles. The van der Waals surface area contributed by atoms with Gasteiger partial charge in [0.25, 0.3) is 11.4 Å². The molecule has 0 aliphatic carbocycles. The molecule has 2 aromatic carbocycles. The number of nitro benzene ring substituents is 4. The van der Waals surface area contributed by atoms with Crippen molar-refractivity contribution < 1.29 is 29.9 Å². The van der Waals surface area contributed by atoms with Crippen LogP contribution in [0.15, 0.2) is 24.3 Å². The minimum Gasteiger partial charge on any atom is -0.367 e. The zero-order valence-electron chi connectivity index (χ0n) is 18.1. The molecule has 0 bridgehead atoms. The van der Waals surface area contributed by atoms with E-state index in [2.05, 4.69) is 10.6 Å². The van der Waals surface area contributed by atoms with Gasteiger partial charge >= 0.3 is 11.4 Å². The second-order valence-corrected chi connectivity index (χ2v) is 6.05. The molecule has 4 N–H and O–H groups in total. The van der Waals surface area contributed by atoms with Crippen LogP contribution in [-0.4, -0.2) is 40.0 Å². The molecule has 188 valence electrons. The van der Waals surface area contributed by atoms with E-state index in [0.29, 0.717) is 12.2 Å². The number of rotatable bonds is 7. The second-order valence-electron chi connectivity index (χ2n) is 6.05. The minimum atomic E-state index is -1.45. The van der Waals surface area contributed by atoms with Crippen LogP contribution in [0.1, 0.15) is 13.9 Å². The first-order chi connectivity index (χ1) is 15.8. The number of nitro groups is 4. The van der Waals surface area contributed by atoms with Crippen LogP contribution >= 0.6 is 0 Å². The molecule has 2 rings (SSSR count). The summed E-state index contributed by atoms with van der Waals surface area (Å²) < 4.78 is 25.3. The summed E-state index contributed by atoms with van der Waals surface area (Å²) in [5, 5.41) is 47.3. The van der Waals surface area contributed by atoms with Crippen LogP contribution in [0.2, 0.25) is 0 Å². The van der Waals surface area contributed by atoms with Crippen molar-refractivity contribution in [2.45, 2.75) is 13.8 Å². The topological polar surface area (TPSA) is 223 Å². The van der Waals surface area contributed by atoms with Gasteiger partial charge in [0.15, 0.2) is 0 Å². The van der Waals surface area contributed by atoms with E-state index in [9.17, 15) is 49.2 Å². The Bertz CT molecular complexity index is 1040. The number of anilines is 1. The van der Waals surface area contributed by atoms with E-state index in [1.54, 1.807) is 7.05 Å². The molecular formula is C17H23F2N7O8. The lowest BCUT2D eigenvalue weighted by atomic mass is 10.1. The summed E-state index contributed by atoms with van der Waals surface area (Å²) in [7, 11) is 1.68. The molecule has 15 nitrogen and oxygen atoms in total. The fourth-order valence-corrected chi connectivity index (χ4v) is 2.16. The maximum absolute atomic E-state index is 12.6. The van der Waals surface area contributed by atoms with Crippen molar-refractivity contribution in [2.24, 2.45) is 5.73 Å². The quantitative estimate of drug-likeness (QED) is 0.288. The van der Waals surface area contributed by atoms with Gasteiger partial charge < -0.3 is 16.4 Å². The van der Waals surface area contributed by atoms with Crippen LogP contribution in [-0.2, 0) is 0 Å². The minimum absolute atomic E-state index is 0. The van der Waals surface area contributed by atoms with Crippen LogP contribution in [0.25, 0.3) is 0 Å². The van der Waals surface area contributed by atoms with Crippen molar-refractivity contribution >= 4 is 28.4 Å². The van der Waals surface area contributed by atoms with Crippen LogP contribution in [0.4, 0.5) is 37.2 Å². The number of nitrogens with zero attached hydrogens (tertiary/aromatic N) is 4. The van der Waals surface area contributed by atoms with Gasteiger partial charge in [-0.2, -0.15) is 8.78 Å². The molecule has 0 heterocycles. The van der Waals surface area contributed by atoms with Gasteiger partial charge in [-0.25, -0.2) is 0 Å². The third-order valence-electron chi connectivity index (χ3n) is 3.57. The molecule has 0 saturated carbocycles. The summed E-state index contributed by atoms with van der Waals surface area (Å²) >= 11 is 0. The Hall–Kier alpha value is -4.38. The fourth-order valence-electron chi connectivity index (χ4n) is 2.16. The van der Waals surface area contributed by atoms with Gasteiger partial charge in [-0.05, 0) is 26.6 Å².